The van der Waals surface area contributed by atoms with Crippen molar-refractivity contribution in [2.24, 2.45) is 16.8 Å². The average Bonchev–Trinajstić information content (AvgIpc) is 2.63. The van der Waals surface area contributed by atoms with Gasteiger partial charge in [-0.2, -0.15) is 0 Å². The predicted molar refractivity (Wildman–Crippen MR) is 61.4 cm³/mol. The molecule has 0 aromatic rings. The van der Waals surface area contributed by atoms with E-state index in [1.807, 2.05) is 0 Å². The quantitative estimate of drug-likeness (QED) is 0.206. The van der Waals surface area contributed by atoms with Gasteiger partial charge in [-0.1, -0.05) is 6.92 Å². The fourth-order valence-corrected chi connectivity index (χ4v) is 1.91. The summed E-state index contributed by atoms with van der Waals surface area (Å²) in [6.07, 6.45) is 3.69. The molecule has 5 heteroatoms. The lowest BCUT2D eigenvalue weighted by Gasteiger charge is -2.15. The van der Waals surface area contributed by atoms with Gasteiger partial charge in [-0.25, -0.2) is 10.8 Å². The number of ether oxygens (including phenoxy) is 1. The molecular weight excluding hydrogens is 192 g/mol. The van der Waals surface area contributed by atoms with Crippen molar-refractivity contribution in [1.29, 1.82) is 0 Å². The van der Waals surface area contributed by atoms with E-state index in [9.17, 15) is 0 Å². The number of nitrogens with one attached hydrogen (secondary N) is 2. The summed E-state index contributed by atoms with van der Waals surface area (Å²) in [5, 5.41) is 3.31. The lowest BCUT2D eigenvalue weighted by Crippen LogP contribution is -2.45. The van der Waals surface area contributed by atoms with E-state index >= 15 is 0 Å². The number of nitrogens with two attached hydrogens (primary N) is 1. The molecule has 0 aliphatic heterocycles. The van der Waals surface area contributed by atoms with Crippen LogP contribution in [-0.4, -0.2) is 32.3 Å². The molecule has 1 aliphatic rings. The first-order valence-corrected chi connectivity index (χ1v) is 5.52. The molecule has 2 atom stereocenters. The minimum Gasteiger partial charge on any atom is -0.383 e. The molecular formula is C10H22N4O. The Bertz CT molecular complexity index is 208. The summed E-state index contributed by atoms with van der Waals surface area (Å²) >= 11 is 0. The first-order chi connectivity index (χ1) is 7.26. The number of methoxy groups -OCH3 is 1. The van der Waals surface area contributed by atoms with Crippen molar-refractivity contribution in [3.8, 4) is 0 Å². The van der Waals surface area contributed by atoms with Crippen molar-refractivity contribution in [1.82, 2.24) is 10.7 Å². The standard InChI is InChI=1S/C10H22N4O/c1-8-3-4-9(7-8)13-10(14-11)12-5-6-15-2/h8-9H,3-7,11H2,1-2H3,(H2,12,13,14). The summed E-state index contributed by atoms with van der Waals surface area (Å²) in [4.78, 5) is 4.26. The molecule has 0 radical (unpaired) electrons. The maximum Gasteiger partial charge on any atom is 0.206 e. The monoisotopic (exact) mass is 214 g/mol. The molecule has 2 unspecified atom stereocenters. The number of nitrogens with zero attached hydrogens (tertiary/aromatic N) is 1. The van der Waals surface area contributed by atoms with Crippen molar-refractivity contribution in [2.45, 2.75) is 32.2 Å². The Labute approximate surface area is 91.4 Å². The molecule has 1 fully saturated rings. The predicted octanol–water partition coefficient (Wildman–Crippen LogP) is 0.230. The van der Waals surface area contributed by atoms with E-state index in [0.717, 1.165) is 5.92 Å². The van der Waals surface area contributed by atoms with Gasteiger partial charge in [0.05, 0.1) is 13.2 Å². The zero-order chi connectivity index (χ0) is 11.1. The number of hydrazine groups is 1. The van der Waals surface area contributed by atoms with Crippen molar-refractivity contribution in [2.75, 3.05) is 20.3 Å². The average molecular weight is 214 g/mol. The number of aliphatic imine (C=N–C) groups is 1. The Morgan fingerprint density at radius 2 is 2.33 bits per heavy atom. The van der Waals surface area contributed by atoms with Gasteiger partial charge >= 0.3 is 0 Å². The Hall–Kier alpha value is -0.810. The van der Waals surface area contributed by atoms with Crippen molar-refractivity contribution >= 4 is 5.96 Å². The van der Waals surface area contributed by atoms with Crippen molar-refractivity contribution in [3.05, 3.63) is 0 Å². The third kappa shape index (κ3) is 4.48. The van der Waals surface area contributed by atoms with Crippen LogP contribution in [0.25, 0.3) is 0 Å². The third-order valence-corrected chi connectivity index (χ3v) is 2.74. The summed E-state index contributed by atoms with van der Waals surface area (Å²) in [5.41, 5.74) is 2.59. The van der Waals surface area contributed by atoms with Crippen LogP contribution in [0.5, 0.6) is 0 Å². The molecule has 88 valence electrons. The Kier molecular flexibility index (Phi) is 5.42. The molecule has 0 bridgehead atoms. The zero-order valence-electron chi connectivity index (χ0n) is 9.62. The SMILES string of the molecule is COCCN=C(NN)NC1CCC(C)C1. The number of guanidine groups is 1. The van der Waals surface area contributed by atoms with Crippen LogP contribution in [0.4, 0.5) is 0 Å². The fourth-order valence-electron chi connectivity index (χ4n) is 1.91. The van der Waals surface area contributed by atoms with E-state index in [-0.39, 0.29) is 0 Å². The van der Waals surface area contributed by atoms with E-state index in [2.05, 4.69) is 22.7 Å². The molecule has 5 nitrogen and oxygen atoms in total. The summed E-state index contributed by atoms with van der Waals surface area (Å²) in [6.45, 7) is 3.53. The van der Waals surface area contributed by atoms with Gasteiger partial charge in [0.15, 0.2) is 0 Å². The second-order valence-electron chi connectivity index (χ2n) is 4.13. The van der Waals surface area contributed by atoms with Gasteiger partial charge in [-0.15, -0.1) is 0 Å². The Morgan fingerprint density at radius 1 is 1.53 bits per heavy atom. The van der Waals surface area contributed by atoms with Gasteiger partial charge in [0.25, 0.3) is 0 Å². The van der Waals surface area contributed by atoms with Crippen molar-refractivity contribution in [3.63, 3.8) is 0 Å². The van der Waals surface area contributed by atoms with Crippen LogP contribution in [0.15, 0.2) is 4.99 Å². The highest BCUT2D eigenvalue weighted by molar-refractivity contribution is 5.79. The smallest absolute Gasteiger partial charge is 0.206 e. The first-order valence-electron chi connectivity index (χ1n) is 5.52. The molecule has 1 rings (SSSR count). The third-order valence-electron chi connectivity index (χ3n) is 2.74. The minimum absolute atomic E-state index is 0.511. The van der Waals surface area contributed by atoms with Crippen LogP contribution >= 0.6 is 0 Å². The van der Waals surface area contributed by atoms with Gasteiger partial charge in [-0.3, -0.25) is 5.43 Å². The highest BCUT2D eigenvalue weighted by Crippen LogP contribution is 2.24. The number of hydrogen-bond acceptors (Lipinski definition) is 3. The second-order valence-corrected chi connectivity index (χ2v) is 4.13. The van der Waals surface area contributed by atoms with Gasteiger partial charge in [-0.05, 0) is 25.2 Å². The van der Waals surface area contributed by atoms with Gasteiger partial charge < -0.3 is 10.1 Å². The first kappa shape index (κ1) is 12.3. The van der Waals surface area contributed by atoms with Crippen LogP contribution in [0.1, 0.15) is 26.2 Å². The minimum atomic E-state index is 0.511. The molecule has 4 N–H and O–H groups in total. The van der Waals surface area contributed by atoms with E-state index < -0.39 is 0 Å². The van der Waals surface area contributed by atoms with E-state index in [1.165, 1.54) is 19.3 Å². The molecule has 1 saturated carbocycles. The zero-order valence-corrected chi connectivity index (χ0v) is 9.62. The Morgan fingerprint density at radius 3 is 2.87 bits per heavy atom. The number of rotatable bonds is 4. The largest absolute Gasteiger partial charge is 0.383 e. The molecule has 0 amide bonds. The molecule has 0 heterocycles. The molecule has 1 aliphatic carbocycles. The topological polar surface area (TPSA) is 71.7 Å². The van der Waals surface area contributed by atoms with Crippen LogP contribution in [0.3, 0.4) is 0 Å². The highest BCUT2D eigenvalue weighted by atomic mass is 16.5. The van der Waals surface area contributed by atoms with Crippen LogP contribution in [0, 0.1) is 5.92 Å². The molecule has 15 heavy (non-hydrogen) atoms. The van der Waals surface area contributed by atoms with Crippen molar-refractivity contribution < 1.29 is 4.74 Å². The summed E-state index contributed by atoms with van der Waals surface area (Å²) in [6, 6.07) is 0.511. The summed E-state index contributed by atoms with van der Waals surface area (Å²) < 4.78 is 4.92. The summed E-state index contributed by atoms with van der Waals surface area (Å²) in [7, 11) is 1.66. The molecule has 0 aromatic carbocycles. The number of hydrogen-bond donors (Lipinski definition) is 3. The van der Waals surface area contributed by atoms with E-state index in [0.29, 0.717) is 25.2 Å². The lowest BCUT2D eigenvalue weighted by atomic mass is 10.1. The van der Waals surface area contributed by atoms with E-state index in [4.69, 9.17) is 10.6 Å². The molecule has 0 saturated heterocycles. The fraction of sp³-hybridized carbons (Fsp3) is 0.900. The van der Waals surface area contributed by atoms with E-state index in [1.54, 1.807) is 7.11 Å². The van der Waals surface area contributed by atoms with Crippen LogP contribution in [0.2, 0.25) is 0 Å². The van der Waals surface area contributed by atoms with Crippen LogP contribution in [-0.2, 0) is 4.74 Å². The van der Waals surface area contributed by atoms with Gasteiger partial charge in [0, 0.05) is 13.2 Å². The normalized spacial score (nSPS) is 26.7. The molecule has 0 aromatic heterocycles. The molecule has 0 spiro atoms. The highest BCUT2D eigenvalue weighted by Gasteiger charge is 2.21. The second kappa shape index (κ2) is 6.63. The van der Waals surface area contributed by atoms with Crippen LogP contribution < -0.4 is 16.6 Å². The lowest BCUT2D eigenvalue weighted by molar-refractivity contribution is 0.208. The maximum atomic E-state index is 5.38. The summed E-state index contributed by atoms with van der Waals surface area (Å²) in [5.74, 6) is 6.86. The maximum absolute atomic E-state index is 5.38. The van der Waals surface area contributed by atoms with Gasteiger partial charge in [0.1, 0.15) is 0 Å². The Balaban J connectivity index is 2.29. The van der Waals surface area contributed by atoms with Gasteiger partial charge in [0.2, 0.25) is 5.96 Å².